The second-order valence-electron chi connectivity index (χ2n) is 3.52. The van der Waals surface area contributed by atoms with Gasteiger partial charge in [-0.1, -0.05) is 0 Å². The van der Waals surface area contributed by atoms with E-state index < -0.39 is 18.4 Å². The number of nitrogens with one attached hydrogen (secondary N) is 2. The molecule has 0 unspecified atom stereocenters. The third-order valence-corrected chi connectivity index (χ3v) is 2.23. The van der Waals surface area contributed by atoms with Crippen molar-refractivity contribution >= 4 is 17.9 Å². The van der Waals surface area contributed by atoms with Gasteiger partial charge in [0, 0.05) is 13.1 Å². The van der Waals surface area contributed by atoms with Gasteiger partial charge in [0.2, 0.25) is 5.91 Å². The highest BCUT2D eigenvalue weighted by Gasteiger charge is 2.17. The van der Waals surface area contributed by atoms with E-state index >= 15 is 0 Å². The predicted molar refractivity (Wildman–Crippen MR) is 54.9 cm³/mol. The number of likely N-dealkylation sites (tertiary alicyclic amines) is 1. The van der Waals surface area contributed by atoms with Crippen molar-refractivity contribution in [3.05, 3.63) is 0 Å². The third kappa shape index (κ3) is 4.16. The second kappa shape index (κ2) is 5.94. The predicted octanol–water partition coefficient (Wildman–Crippen LogP) is -1.01. The largest absolute Gasteiger partial charge is 0.480 e. The number of carbonyl (C=O) groups is 3. The Morgan fingerprint density at radius 1 is 1.06 bits per heavy atom. The van der Waals surface area contributed by atoms with Crippen molar-refractivity contribution in [2.45, 2.75) is 12.8 Å². The van der Waals surface area contributed by atoms with E-state index in [1.807, 2.05) is 0 Å². The van der Waals surface area contributed by atoms with E-state index in [4.69, 9.17) is 5.11 Å². The number of carbonyl (C=O) groups excluding carboxylic acids is 2. The lowest BCUT2D eigenvalue weighted by Crippen LogP contribution is -2.44. The van der Waals surface area contributed by atoms with Crippen molar-refractivity contribution < 1.29 is 19.5 Å². The number of nitrogens with zero attached hydrogens (tertiary/aromatic N) is 1. The second-order valence-corrected chi connectivity index (χ2v) is 3.52. The average molecular weight is 229 g/mol. The molecule has 3 amide bonds. The van der Waals surface area contributed by atoms with Crippen LogP contribution in [-0.2, 0) is 9.59 Å². The molecule has 0 radical (unpaired) electrons. The number of rotatable bonds is 4. The fourth-order valence-corrected chi connectivity index (χ4v) is 1.42. The van der Waals surface area contributed by atoms with Gasteiger partial charge >= 0.3 is 12.0 Å². The van der Waals surface area contributed by atoms with Crippen molar-refractivity contribution in [2.24, 2.45) is 0 Å². The molecule has 0 aromatic carbocycles. The Balaban J connectivity index is 2.15. The van der Waals surface area contributed by atoms with Gasteiger partial charge in [-0.25, -0.2) is 4.79 Å². The lowest BCUT2D eigenvalue weighted by Gasteiger charge is -2.15. The van der Waals surface area contributed by atoms with Crippen LogP contribution in [0, 0.1) is 0 Å². The molecule has 1 saturated heterocycles. The molecule has 0 aromatic heterocycles. The van der Waals surface area contributed by atoms with Crippen molar-refractivity contribution in [3.8, 4) is 0 Å². The van der Waals surface area contributed by atoms with Gasteiger partial charge in [0.15, 0.2) is 0 Å². The van der Waals surface area contributed by atoms with E-state index in [2.05, 4.69) is 10.6 Å². The minimum atomic E-state index is -1.11. The van der Waals surface area contributed by atoms with Gasteiger partial charge in [-0.05, 0) is 12.8 Å². The van der Waals surface area contributed by atoms with E-state index in [0.29, 0.717) is 13.1 Å². The van der Waals surface area contributed by atoms with Crippen LogP contribution in [0.15, 0.2) is 0 Å². The molecule has 3 N–H and O–H groups in total. The van der Waals surface area contributed by atoms with Crippen LogP contribution in [0.5, 0.6) is 0 Å². The average Bonchev–Trinajstić information content (AvgIpc) is 2.76. The van der Waals surface area contributed by atoms with Crippen molar-refractivity contribution in [1.82, 2.24) is 15.5 Å². The quantitative estimate of drug-likeness (QED) is 0.575. The first kappa shape index (κ1) is 12.3. The fourth-order valence-electron chi connectivity index (χ4n) is 1.42. The lowest BCUT2D eigenvalue weighted by molar-refractivity contribution is -0.137. The summed E-state index contributed by atoms with van der Waals surface area (Å²) in [5.41, 5.74) is 0. The Labute approximate surface area is 92.8 Å². The monoisotopic (exact) mass is 229 g/mol. The molecule has 0 aromatic rings. The number of carboxylic acid groups (broad SMARTS) is 1. The summed E-state index contributed by atoms with van der Waals surface area (Å²) in [7, 11) is 0. The Morgan fingerprint density at radius 3 is 2.25 bits per heavy atom. The SMILES string of the molecule is O=C(O)CNC(=O)CNC(=O)N1CCCC1. The van der Waals surface area contributed by atoms with Gasteiger partial charge in [-0.3, -0.25) is 9.59 Å². The van der Waals surface area contributed by atoms with Crippen LogP contribution in [0.2, 0.25) is 0 Å². The maximum Gasteiger partial charge on any atom is 0.322 e. The smallest absolute Gasteiger partial charge is 0.322 e. The van der Waals surface area contributed by atoms with Gasteiger partial charge < -0.3 is 20.6 Å². The molecular formula is C9H15N3O4. The van der Waals surface area contributed by atoms with Gasteiger partial charge in [0.05, 0.1) is 6.54 Å². The van der Waals surface area contributed by atoms with Crippen LogP contribution >= 0.6 is 0 Å². The van der Waals surface area contributed by atoms with E-state index in [1.165, 1.54) is 0 Å². The molecule has 1 fully saturated rings. The van der Waals surface area contributed by atoms with Crippen LogP contribution in [0.25, 0.3) is 0 Å². The van der Waals surface area contributed by atoms with E-state index in [9.17, 15) is 14.4 Å². The zero-order valence-corrected chi connectivity index (χ0v) is 8.86. The summed E-state index contributed by atoms with van der Waals surface area (Å²) < 4.78 is 0. The highest BCUT2D eigenvalue weighted by atomic mass is 16.4. The van der Waals surface area contributed by atoms with Crippen LogP contribution in [-0.4, -0.2) is 54.1 Å². The molecule has 7 nitrogen and oxygen atoms in total. The summed E-state index contributed by atoms with van der Waals surface area (Å²) in [6, 6.07) is -0.275. The molecule has 0 bridgehead atoms. The summed E-state index contributed by atoms with van der Waals surface area (Å²) in [5, 5.41) is 12.9. The zero-order chi connectivity index (χ0) is 12.0. The van der Waals surface area contributed by atoms with Gasteiger partial charge in [-0.15, -0.1) is 0 Å². The highest BCUT2D eigenvalue weighted by molar-refractivity contribution is 5.86. The molecule has 90 valence electrons. The number of amides is 3. The molecule has 16 heavy (non-hydrogen) atoms. The minimum Gasteiger partial charge on any atom is -0.480 e. The molecule has 0 aliphatic carbocycles. The summed E-state index contributed by atoms with van der Waals surface area (Å²) in [5.74, 6) is -1.62. The Hall–Kier alpha value is -1.79. The third-order valence-electron chi connectivity index (χ3n) is 2.23. The summed E-state index contributed by atoms with van der Waals surface area (Å²) in [6.07, 6.45) is 1.97. The molecule has 1 aliphatic heterocycles. The van der Waals surface area contributed by atoms with Gasteiger partial charge in [0.25, 0.3) is 0 Å². The standard InChI is InChI=1S/C9H15N3O4/c13-7(10-6-8(14)15)5-11-9(16)12-3-1-2-4-12/h1-6H2,(H,10,13)(H,11,16)(H,14,15). The van der Waals surface area contributed by atoms with Crippen molar-refractivity contribution in [3.63, 3.8) is 0 Å². The number of hydrogen-bond donors (Lipinski definition) is 3. The molecule has 1 aliphatic rings. The highest BCUT2D eigenvalue weighted by Crippen LogP contribution is 2.06. The van der Waals surface area contributed by atoms with Gasteiger partial charge in [0.1, 0.15) is 6.54 Å². The first-order valence-corrected chi connectivity index (χ1v) is 5.11. The maximum atomic E-state index is 11.4. The first-order valence-electron chi connectivity index (χ1n) is 5.11. The van der Waals surface area contributed by atoms with Crippen LogP contribution in [0.4, 0.5) is 4.79 Å². The Bertz CT molecular complexity index is 286. The molecule has 0 spiro atoms. The number of hydrogen-bond acceptors (Lipinski definition) is 3. The minimum absolute atomic E-state index is 0.192. The first-order chi connectivity index (χ1) is 7.59. The maximum absolute atomic E-state index is 11.4. The van der Waals surface area contributed by atoms with Gasteiger partial charge in [-0.2, -0.15) is 0 Å². The summed E-state index contributed by atoms with van der Waals surface area (Å²) >= 11 is 0. The van der Waals surface area contributed by atoms with Crippen molar-refractivity contribution in [1.29, 1.82) is 0 Å². The molecule has 1 heterocycles. The van der Waals surface area contributed by atoms with E-state index in [1.54, 1.807) is 4.90 Å². The molecule has 7 heteroatoms. The topological polar surface area (TPSA) is 98.7 Å². The fraction of sp³-hybridized carbons (Fsp3) is 0.667. The van der Waals surface area contributed by atoms with E-state index in [-0.39, 0.29) is 12.6 Å². The number of aliphatic carboxylic acids is 1. The summed E-state index contributed by atoms with van der Waals surface area (Å²) in [4.78, 5) is 34.2. The van der Waals surface area contributed by atoms with Crippen LogP contribution in [0.1, 0.15) is 12.8 Å². The zero-order valence-electron chi connectivity index (χ0n) is 8.86. The Morgan fingerprint density at radius 2 is 1.69 bits per heavy atom. The van der Waals surface area contributed by atoms with Crippen LogP contribution < -0.4 is 10.6 Å². The molecule has 1 rings (SSSR count). The van der Waals surface area contributed by atoms with E-state index in [0.717, 1.165) is 12.8 Å². The normalized spacial score (nSPS) is 14.6. The summed E-state index contributed by atoms with van der Waals surface area (Å²) in [6.45, 7) is 0.798. The number of urea groups is 1. The Kier molecular flexibility index (Phi) is 4.56. The molecule has 0 atom stereocenters. The lowest BCUT2D eigenvalue weighted by atomic mass is 10.4. The van der Waals surface area contributed by atoms with Crippen molar-refractivity contribution in [2.75, 3.05) is 26.2 Å². The number of carboxylic acids is 1. The molecular weight excluding hydrogens is 214 g/mol. The van der Waals surface area contributed by atoms with Crippen LogP contribution in [0.3, 0.4) is 0 Å². The molecule has 0 saturated carbocycles.